The fourth-order valence-corrected chi connectivity index (χ4v) is 1.97. The van der Waals surface area contributed by atoms with E-state index < -0.39 is 11.5 Å². The first kappa shape index (κ1) is 14.3. The summed E-state index contributed by atoms with van der Waals surface area (Å²) in [4.78, 5) is 22.7. The Morgan fingerprint density at radius 3 is 2.90 bits per heavy atom. The normalized spacial score (nSPS) is 16.6. The van der Waals surface area contributed by atoms with Crippen LogP contribution in [-0.2, 0) is 20.7 Å². The lowest BCUT2D eigenvalue weighted by atomic mass is 10.0. The number of hydrogen-bond donors (Lipinski definition) is 2. The molecule has 1 heterocycles. The summed E-state index contributed by atoms with van der Waals surface area (Å²) in [7, 11) is 1.29. The minimum Gasteiger partial charge on any atom is -0.491 e. The van der Waals surface area contributed by atoms with Gasteiger partial charge in [0.25, 0.3) is 0 Å². The van der Waals surface area contributed by atoms with E-state index in [-0.39, 0.29) is 12.5 Å². The molecule has 0 bridgehead atoms. The van der Waals surface area contributed by atoms with Crippen molar-refractivity contribution < 1.29 is 19.1 Å². The van der Waals surface area contributed by atoms with Gasteiger partial charge in [0, 0.05) is 12.1 Å². The number of nitrogens with two attached hydrogens (primary N) is 1. The van der Waals surface area contributed by atoms with Crippen LogP contribution >= 0.6 is 0 Å². The lowest BCUT2D eigenvalue weighted by Gasteiger charge is -2.22. The van der Waals surface area contributed by atoms with Crippen LogP contribution in [0.15, 0.2) is 18.2 Å². The number of esters is 1. The molecule has 1 aliphatic heterocycles. The highest BCUT2D eigenvalue weighted by Crippen LogP contribution is 2.27. The number of amides is 1. The van der Waals surface area contributed by atoms with Crippen molar-refractivity contribution in [2.45, 2.75) is 25.3 Å². The highest BCUT2D eigenvalue weighted by atomic mass is 16.5. The fraction of sp³-hybridized carbons (Fsp3) is 0.429. The first-order valence-corrected chi connectivity index (χ1v) is 6.35. The van der Waals surface area contributed by atoms with Gasteiger partial charge in [-0.05, 0) is 37.1 Å². The Hall–Kier alpha value is -2.08. The zero-order chi connectivity index (χ0) is 14.8. The molecule has 2 rings (SSSR count). The van der Waals surface area contributed by atoms with Gasteiger partial charge < -0.3 is 20.5 Å². The van der Waals surface area contributed by atoms with Crippen molar-refractivity contribution in [1.82, 2.24) is 0 Å². The molecule has 0 spiro atoms. The number of anilines is 1. The van der Waals surface area contributed by atoms with Crippen molar-refractivity contribution in [3.05, 3.63) is 23.8 Å². The summed E-state index contributed by atoms with van der Waals surface area (Å²) >= 11 is 0. The van der Waals surface area contributed by atoms with E-state index in [1.807, 2.05) is 6.07 Å². The van der Waals surface area contributed by atoms with E-state index >= 15 is 0 Å². The Labute approximate surface area is 117 Å². The van der Waals surface area contributed by atoms with E-state index in [9.17, 15) is 9.59 Å². The van der Waals surface area contributed by atoms with Gasteiger partial charge in [0.1, 0.15) is 17.9 Å². The molecule has 1 aromatic carbocycles. The molecule has 0 aliphatic carbocycles. The molecule has 1 atom stereocenters. The zero-order valence-electron chi connectivity index (χ0n) is 11.6. The lowest BCUT2D eigenvalue weighted by molar-refractivity contribution is -0.147. The van der Waals surface area contributed by atoms with Gasteiger partial charge in [-0.15, -0.1) is 0 Å². The van der Waals surface area contributed by atoms with Crippen LogP contribution in [-0.4, -0.2) is 31.1 Å². The Balaban J connectivity index is 2.04. The molecular weight excluding hydrogens is 260 g/mol. The van der Waals surface area contributed by atoms with Gasteiger partial charge in [0.05, 0.1) is 7.11 Å². The first-order valence-electron chi connectivity index (χ1n) is 6.35. The second kappa shape index (κ2) is 5.50. The molecule has 0 saturated heterocycles. The van der Waals surface area contributed by atoms with Crippen LogP contribution in [0, 0.1) is 0 Å². The summed E-state index contributed by atoms with van der Waals surface area (Å²) in [6.07, 6.45) is 1.14. The third-order valence-corrected chi connectivity index (χ3v) is 3.16. The maximum absolute atomic E-state index is 11.4. The summed E-state index contributed by atoms with van der Waals surface area (Å²) < 4.78 is 10.2. The molecule has 0 saturated carbocycles. The lowest BCUT2D eigenvalue weighted by Crippen LogP contribution is -2.50. The average molecular weight is 278 g/mol. The number of hydrogen-bond acceptors (Lipinski definition) is 5. The van der Waals surface area contributed by atoms with Crippen LogP contribution in [0.1, 0.15) is 18.9 Å². The van der Waals surface area contributed by atoms with Crippen LogP contribution in [0.5, 0.6) is 5.75 Å². The second-order valence-corrected chi connectivity index (χ2v) is 5.06. The van der Waals surface area contributed by atoms with E-state index in [2.05, 4.69) is 10.1 Å². The van der Waals surface area contributed by atoms with Gasteiger partial charge in [-0.25, -0.2) is 4.79 Å². The van der Waals surface area contributed by atoms with Crippen molar-refractivity contribution in [3.63, 3.8) is 0 Å². The molecule has 20 heavy (non-hydrogen) atoms. The first-order chi connectivity index (χ1) is 9.42. The monoisotopic (exact) mass is 278 g/mol. The van der Waals surface area contributed by atoms with Crippen LogP contribution in [0.3, 0.4) is 0 Å². The summed E-state index contributed by atoms with van der Waals surface area (Å²) in [6, 6.07) is 5.37. The number of benzene rings is 1. The summed E-state index contributed by atoms with van der Waals surface area (Å²) in [5.74, 6) is 0.106. The Morgan fingerprint density at radius 2 is 2.20 bits per heavy atom. The van der Waals surface area contributed by atoms with E-state index in [1.54, 1.807) is 19.1 Å². The van der Waals surface area contributed by atoms with Crippen molar-refractivity contribution in [2.24, 2.45) is 5.73 Å². The Morgan fingerprint density at radius 1 is 1.45 bits per heavy atom. The van der Waals surface area contributed by atoms with E-state index in [0.29, 0.717) is 18.6 Å². The number of aryl methyl sites for hydroxylation is 1. The van der Waals surface area contributed by atoms with E-state index in [1.165, 1.54) is 7.11 Å². The van der Waals surface area contributed by atoms with Gasteiger partial charge >= 0.3 is 5.97 Å². The summed E-state index contributed by atoms with van der Waals surface area (Å²) in [5, 5.41) is 2.79. The summed E-state index contributed by atoms with van der Waals surface area (Å²) in [5.41, 5.74) is 6.44. The van der Waals surface area contributed by atoms with Crippen LogP contribution in [0.25, 0.3) is 0 Å². The van der Waals surface area contributed by atoms with Gasteiger partial charge in [0.15, 0.2) is 0 Å². The Bertz CT molecular complexity index is 540. The average Bonchev–Trinajstić information content (AvgIpc) is 2.44. The second-order valence-electron chi connectivity index (χ2n) is 5.06. The van der Waals surface area contributed by atoms with Gasteiger partial charge in [-0.2, -0.15) is 0 Å². The SMILES string of the molecule is COC(=O)C(C)(N)COc1ccc2c(c1)CCC(=O)N2. The maximum atomic E-state index is 11.4. The number of rotatable bonds is 4. The van der Waals surface area contributed by atoms with Crippen LogP contribution in [0.4, 0.5) is 5.69 Å². The zero-order valence-corrected chi connectivity index (χ0v) is 11.6. The molecule has 6 heteroatoms. The highest BCUT2D eigenvalue weighted by Gasteiger charge is 2.30. The molecule has 0 fully saturated rings. The Kier molecular flexibility index (Phi) is 3.94. The highest BCUT2D eigenvalue weighted by molar-refractivity contribution is 5.94. The third kappa shape index (κ3) is 3.08. The van der Waals surface area contributed by atoms with E-state index in [4.69, 9.17) is 10.5 Å². The number of ether oxygens (including phenoxy) is 2. The molecule has 1 amide bonds. The molecule has 108 valence electrons. The standard InChI is InChI=1S/C14H18N2O4/c1-14(15,13(18)19-2)8-20-10-4-5-11-9(7-10)3-6-12(17)16-11/h4-5,7H,3,6,8,15H2,1-2H3,(H,16,17). The minimum atomic E-state index is -1.20. The largest absolute Gasteiger partial charge is 0.491 e. The van der Waals surface area contributed by atoms with Crippen LogP contribution < -0.4 is 15.8 Å². The van der Waals surface area contributed by atoms with Gasteiger partial charge in [-0.3, -0.25) is 4.79 Å². The third-order valence-electron chi connectivity index (χ3n) is 3.16. The molecular formula is C14H18N2O4. The molecule has 1 unspecified atom stereocenters. The minimum absolute atomic E-state index is 0.0187. The number of methoxy groups -OCH3 is 1. The maximum Gasteiger partial charge on any atom is 0.329 e. The smallest absolute Gasteiger partial charge is 0.329 e. The predicted molar refractivity (Wildman–Crippen MR) is 73.5 cm³/mol. The quantitative estimate of drug-likeness (QED) is 0.796. The van der Waals surface area contributed by atoms with Gasteiger partial charge in [-0.1, -0.05) is 0 Å². The predicted octanol–water partition coefficient (Wildman–Crippen LogP) is 0.840. The van der Waals surface area contributed by atoms with Gasteiger partial charge in [0.2, 0.25) is 5.91 Å². The number of nitrogens with one attached hydrogen (secondary N) is 1. The van der Waals surface area contributed by atoms with Crippen molar-refractivity contribution >= 4 is 17.6 Å². The fourth-order valence-electron chi connectivity index (χ4n) is 1.97. The van der Waals surface area contributed by atoms with E-state index in [0.717, 1.165) is 11.3 Å². The summed E-state index contributed by atoms with van der Waals surface area (Å²) in [6.45, 7) is 1.57. The molecule has 0 aromatic heterocycles. The molecule has 1 aliphatic rings. The molecule has 6 nitrogen and oxygen atoms in total. The number of carbonyl (C=O) groups excluding carboxylic acids is 2. The van der Waals surface area contributed by atoms with Crippen molar-refractivity contribution in [1.29, 1.82) is 0 Å². The topological polar surface area (TPSA) is 90.7 Å². The number of carbonyl (C=O) groups is 2. The van der Waals surface area contributed by atoms with Crippen molar-refractivity contribution in [2.75, 3.05) is 19.0 Å². The molecule has 0 radical (unpaired) electrons. The molecule has 3 N–H and O–H groups in total. The van der Waals surface area contributed by atoms with Crippen LogP contribution in [0.2, 0.25) is 0 Å². The molecule has 1 aromatic rings. The van der Waals surface area contributed by atoms with Crippen molar-refractivity contribution in [3.8, 4) is 5.75 Å². The number of fused-ring (bicyclic) bond motifs is 1.